The zero-order valence-electron chi connectivity index (χ0n) is 34.4. The molecule has 0 bridgehead atoms. The van der Waals surface area contributed by atoms with Gasteiger partial charge in [0.2, 0.25) is 11.8 Å². The summed E-state index contributed by atoms with van der Waals surface area (Å²) in [7, 11) is 0. The van der Waals surface area contributed by atoms with Crippen molar-refractivity contribution in [1.82, 2.24) is 35.2 Å². The van der Waals surface area contributed by atoms with Crippen LogP contribution in [0.3, 0.4) is 0 Å². The number of fused-ring (bicyclic) bond motifs is 4. The maximum absolute atomic E-state index is 13.1. The first-order valence-corrected chi connectivity index (χ1v) is 22.1. The van der Waals surface area contributed by atoms with Crippen molar-refractivity contribution in [3.05, 3.63) is 88.2 Å². The molecular weight excluding hydrogens is 890 g/mol. The van der Waals surface area contributed by atoms with Gasteiger partial charge in [-0.05, 0) is 103 Å². The highest BCUT2D eigenvalue weighted by Gasteiger charge is 2.50. The number of halogens is 7. The van der Waals surface area contributed by atoms with Gasteiger partial charge in [0, 0.05) is 50.0 Å². The van der Waals surface area contributed by atoms with Crippen LogP contribution in [0.5, 0.6) is 0 Å². The van der Waals surface area contributed by atoms with Gasteiger partial charge in [-0.15, -0.1) is 11.3 Å². The average molecular weight is 931 g/mol. The van der Waals surface area contributed by atoms with E-state index in [1.807, 2.05) is 32.6 Å². The number of carbonyl (C=O) groups excluding carboxylic acids is 2. The van der Waals surface area contributed by atoms with E-state index in [-0.39, 0.29) is 28.4 Å². The van der Waals surface area contributed by atoms with E-state index in [9.17, 15) is 35.9 Å². The summed E-state index contributed by atoms with van der Waals surface area (Å²) in [4.78, 5) is 57.4. The molecule has 10 rings (SSSR count). The molecule has 0 saturated carbocycles. The number of aromatic nitrogens is 6. The van der Waals surface area contributed by atoms with E-state index in [2.05, 4.69) is 40.1 Å². The zero-order valence-corrected chi connectivity index (χ0v) is 36.8. The summed E-state index contributed by atoms with van der Waals surface area (Å²) in [6, 6.07) is 7.29. The van der Waals surface area contributed by atoms with Gasteiger partial charge in [0.25, 0.3) is 0 Å². The minimum absolute atomic E-state index is 0.00631. The molecule has 4 aliphatic rings. The molecule has 2 saturated heterocycles. The smallest absolute Gasteiger partial charge is 0.348 e. The Balaban J connectivity index is 0.000000143. The highest BCUT2D eigenvalue weighted by atomic mass is 35.5. The third-order valence-electron chi connectivity index (χ3n) is 11.7. The molecule has 21 heteroatoms. The van der Waals surface area contributed by atoms with Gasteiger partial charge < -0.3 is 10.2 Å². The lowest BCUT2D eigenvalue weighted by Crippen LogP contribution is -2.49. The van der Waals surface area contributed by atoms with Crippen molar-refractivity contribution in [1.29, 1.82) is 0 Å². The van der Waals surface area contributed by atoms with Gasteiger partial charge in [0.15, 0.2) is 21.2 Å². The second kappa shape index (κ2) is 16.8. The molecule has 0 unspecified atom stereocenters. The number of hydrogen-bond donors (Lipinski definition) is 1. The number of amides is 2. The summed E-state index contributed by atoms with van der Waals surface area (Å²) in [5.74, 6) is 1.54. The Morgan fingerprint density at radius 2 is 1.10 bits per heavy atom. The number of carbonyl (C=O) groups is 2. The molecule has 2 amide bonds. The van der Waals surface area contributed by atoms with E-state index >= 15 is 0 Å². The van der Waals surface area contributed by atoms with Crippen molar-refractivity contribution in [2.75, 3.05) is 40.9 Å². The van der Waals surface area contributed by atoms with Crippen molar-refractivity contribution < 1.29 is 35.9 Å². The molecule has 12 nitrogen and oxygen atoms in total. The van der Waals surface area contributed by atoms with Crippen LogP contribution in [0.4, 0.5) is 43.1 Å². The molecule has 0 atom stereocenters. The fourth-order valence-electron chi connectivity index (χ4n) is 8.25. The molecule has 0 spiro atoms. The van der Waals surface area contributed by atoms with Crippen molar-refractivity contribution in [2.45, 2.75) is 88.6 Å². The van der Waals surface area contributed by atoms with Crippen molar-refractivity contribution >= 4 is 83.3 Å². The standard InChI is InChI=1S/C21H20F3N5OS.C13H18N4O.C8H3ClF3NS/c1-20(2)16-17(26-8-7-25-16)29(18(20)30)13-5-9-28(10-6-13)19-27-14-4-3-12(21(22,23)24)11-15(14)31-19;1-13(2)10-11(16-8-7-15-10)17(12(13)18)9-3-5-14-6-4-9;9-7-13-5-2-1-4(8(10,11)12)3-6(5)14-7/h3-4,7-8,11,13H,5-6,9-10H2,1-2H3;7-9,14H,3-6H2,1-2H3;1-3H. The molecule has 4 aromatic heterocycles. The van der Waals surface area contributed by atoms with Crippen molar-refractivity contribution in [3.8, 4) is 0 Å². The summed E-state index contributed by atoms with van der Waals surface area (Å²) in [6.07, 6.45) is 1.28. The van der Waals surface area contributed by atoms with Crippen LogP contribution in [0.25, 0.3) is 20.4 Å². The number of piperidine rings is 2. The van der Waals surface area contributed by atoms with Crippen LogP contribution in [0.1, 0.15) is 75.9 Å². The molecule has 8 heterocycles. The molecule has 1 N–H and O–H groups in total. The van der Waals surface area contributed by atoms with Gasteiger partial charge in [-0.25, -0.2) is 19.9 Å². The Morgan fingerprint density at radius 1 is 0.651 bits per heavy atom. The van der Waals surface area contributed by atoms with Crippen LogP contribution in [0.15, 0.2) is 61.2 Å². The van der Waals surface area contributed by atoms with E-state index in [4.69, 9.17) is 11.6 Å². The minimum atomic E-state index is -4.37. The quantitative estimate of drug-likeness (QED) is 0.171. The molecular formula is C42H41ClF6N10O2S2. The number of rotatable bonds is 3. The van der Waals surface area contributed by atoms with Crippen molar-refractivity contribution in [2.24, 2.45) is 0 Å². The monoisotopic (exact) mass is 930 g/mol. The number of thiazole rings is 2. The fourth-order valence-corrected chi connectivity index (χ4v) is 10.4. The summed E-state index contributed by atoms with van der Waals surface area (Å²) in [6.45, 7) is 10.9. The SMILES string of the molecule is CC1(C)C(=O)N(C2CCN(c3nc4ccc(C(F)(F)F)cc4s3)CC2)c2nccnc21.CC1(C)C(=O)N(C2CCNCC2)c2nccnc21.FC(F)(F)c1ccc2nc(Cl)sc2c1. The number of nitrogens with zero attached hydrogens (tertiary/aromatic N) is 9. The van der Waals surface area contributed by atoms with Gasteiger partial charge in [0.05, 0.1) is 53.8 Å². The van der Waals surface area contributed by atoms with Gasteiger partial charge in [0.1, 0.15) is 0 Å². The molecule has 4 aliphatic heterocycles. The molecule has 2 aromatic carbocycles. The summed E-state index contributed by atoms with van der Waals surface area (Å²) in [5.41, 5.74) is -0.0149. The van der Waals surface area contributed by atoms with Gasteiger partial charge in [-0.1, -0.05) is 22.9 Å². The van der Waals surface area contributed by atoms with E-state index < -0.39 is 34.3 Å². The summed E-state index contributed by atoms with van der Waals surface area (Å²) >= 11 is 7.88. The lowest BCUT2D eigenvalue weighted by molar-refractivity contribution is -0.138. The van der Waals surface area contributed by atoms with Crippen LogP contribution in [-0.4, -0.2) is 80.0 Å². The van der Waals surface area contributed by atoms with Crippen LogP contribution in [0, 0.1) is 0 Å². The van der Waals surface area contributed by atoms with E-state index in [0.717, 1.165) is 85.9 Å². The maximum Gasteiger partial charge on any atom is 0.416 e. The predicted molar refractivity (Wildman–Crippen MR) is 230 cm³/mol. The van der Waals surface area contributed by atoms with Crippen LogP contribution in [0.2, 0.25) is 4.47 Å². The Hall–Kier alpha value is -5.05. The Kier molecular flexibility index (Phi) is 11.9. The predicted octanol–water partition coefficient (Wildman–Crippen LogP) is 9.22. The highest BCUT2D eigenvalue weighted by Crippen LogP contribution is 2.43. The maximum atomic E-state index is 13.1. The molecule has 6 aromatic rings. The number of anilines is 3. The Bertz CT molecular complexity index is 2680. The fraction of sp³-hybridized carbons (Fsp3) is 0.429. The minimum Gasteiger partial charge on any atom is -0.348 e. The third-order valence-corrected chi connectivity index (χ3v) is 13.9. The number of benzene rings is 2. The third kappa shape index (κ3) is 8.66. The van der Waals surface area contributed by atoms with E-state index in [0.29, 0.717) is 50.2 Å². The molecule has 0 aliphatic carbocycles. The Labute approximate surface area is 370 Å². The lowest BCUT2D eigenvalue weighted by Gasteiger charge is -2.36. The second-order valence-electron chi connectivity index (χ2n) is 16.6. The lowest BCUT2D eigenvalue weighted by atomic mass is 9.90. The van der Waals surface area contributed by atoms with Gasteiger partial charge in [-0.2, -0.15) is 26.3 Å². The molecule has 63 heavy (non-hydrogen) atoms. The topological polar surface area (TPSA) is 133 Å². The normalized spacial score (nSPS) is 18.9. The molecule has 2 fully saturated rings. The first-order chi connectivity index (χ1) is 29.7. The van der Waals surface area contributed by atoms with Crippen LogP contribution >= 0.6 is 34.3 Å². The summed E-state index contributed by atoms with van der Waals surface area (Å²) in [5, 5.41) is 4.03. The van der Waals surface area contributed by atoms with Crippen LogP contribution in [-0.2, 0) is 32.8 Å². The van der Waals surface area contributed by atoms with Crippen molar-refractivity contribution in [3.63, 3.8) is 0 Å². The second-order valence-corrected chi connectivity index (χ2v) is 19.2. The zero-order chi connectivity index (χ0) is 45.1. The highest BCUT2D eigenvalue weighted by molar-refractivity contribution is 7.22. The summed E-state index contributed by atoms with van der Waals surface area (Å²) < 4.78 is 77.0. The first-order valence-electron chi connectivity index (χ1n) is 20.1. The molecule has 0 radical (unpaired) electrons. The molecule has 332 valence electrons. The van der Waals surface area contributed by atoms with Crippen LogP contribution < -0.4 is 20.0 Å². The van der Waals surface area contributed by atoms with E-state index in [1.54, 1.807) is 29.7 Å². The van der Waals surface area contributed by atoms with E-state index in [1.165, 1.54) is 23.5 Å². The number of hydrogen-bond acceptors (Lipinski definition) is 12. The van der Waals surface area contributed by atoms with Gasteiger partial charge in [-0.3, -0.25) is 29.4 Å². The van der Waals surface area contributed by atoms with Gasteiger partial charge >= 0.3 is 12.4 Å². The first kappa shape index (κ1) is 44.6. The Morgan fingerprint density at radius 3 is 1.59 bits per heavy atom. The number of alkyl halides is 6. The average Bonchev–Trinajstić information content (AvgIpc) is 3.96. The largest absolute Gasteiger partial charge is 0.416 e. The number of nitrogens with one attached hydrogen (secondary N) is 1.